The molecule has 0 aromatic heterocycles. The van der Waals surface area contributed by atoms with Crippen molar-refractivity contribution in [2.75, 3.05) is 20.6 Å². The quantitative estimate of drug-likeness (QED) is 0.518. The van der Waals surface area contributed by atoms with E-state index in [2.05, 4.69) is 0 Å². The summed E-state index contributed by atoms with van der Waals surface area (Å²) in [5, 5.41) is 17.4. The average Bonchev–Trinajstić information content (AvgIpc) is 1.99. The molecule has 0 aliphatic heterocycles. The van der Waals surface area contributed by atoms with Gasteiger partial charge in [-0.3, -0.25) is 9.59 Å². The second-order valence-corrected chi connectivity index (χ2v) is 3.98. The second-order valence-electron chi connectivity index (χ2n) is 3.98. The van der Waals surface area contributed by atoms with E-state index in [4.69, 9.17) is 14.9 Å². The largest absolute Gasteiger partial charge is 0.513 e. The van der Waals surface area contributed by atoms with Gasteiger partial charge in [0.25, 0.3) is 0 Å². The molecule has 0 saturated heterocycles. The minimum Gasteiger partial charge on any atom is -0.481 e. The van der Waals surface area contributed by atoms with Crippen LogP contribution in [0.5, 0.6) is 0 Å². The number of quaternary nitrogens is 1. The van der Waals surface area contributed by atoms with Crippen LogP contribution in [0.15, 0.2) is 0 Å². The van der Waals surface area contributed by atoms with Crippen LogP contribution >= 0.6 is 0 Å². The number of amides is 1. The number of ether oxygens (including phenoxy) is 1. The highest BCUT2D eigenvalue weighted by molar-refractivity contribution is 5.69. The van der Waals surface area contributed by atoms with Crippen LogP contribution in [0.25, 0.3) is 0 Å². The van der Waals surface area contributed by atoms with Crippen LogP contribution in [-0.4, -0.2) is 59.5 Å². The van der Waals surface area contributed by atoms with E-state index in [1.54, 1.807) is 0 Å². The zero-order valence-electron chi connectivity index (χ0n) is 9.47. The maximum atomic E-state index is 10.8. The highest BCUT2D eigenvalue weighted by atomic mass is 16.5. The fraction of sp³-hybridized carbons (Fsp3) is 0.667. The molecule has 0 aromatic rings. The Hall–Kier alpha value is -1.63. The number of likely N-dealkylation sites (N-methyl/N-ethyl adjacent to an activating group) is 1. The molecule has 16 heavy (non-hydrogen) atoms. The number of nitrogens with zero attached hydrogens (tertiary/aromatic N) is 1. The van der Waals surface area contributed by atoms with E-state index in [1.165, 1.54) is 14.1 Å². The van der Waals surface area contributed by atoms with Crippen molar-refractivity contribution in [2.45, 2.75) is 19.4 Å². The highest BCUT2D eigenvalue weighted by Gasteiger charge is 2.32. The Morgan fingerprint density at radius 1 is 1.25 bits per heavy atom. The molecule has 1 amide bonds. The maximum Gasteiger partial charge on any atom is 0.513 e. The zero-order chi connectivity index (χ0) is 12.9. The molecule has 0 saturated carbocycles. The van der Waals surface area contributed by atoms with Crippen LogP contribution in [0.2, 0.25) is 0 Å². The molecule has 2 N–H and O–H groups in total. The molecule has 0 rings (SSSR count). The average molecular weight is 234 g/mol. The Kier molecular flexibility index (Phi) is 4.90. The van der Waals surface area contributed by atoms with Gasteiger partial charge in [-0.1, -0.05) is 0 Å². The third kappa shape index (κ3) is 5.30. The summed E-state index contributed by atoms with van der Waals surface area (Å²) in [5.74, 6) is -1.77. The van der Waals surface area contributed by atoms with Gasteiger partial charge in [0.1, 0.15) is 6.54 Å². The first kappa shape index (κ1) is 14.4. The number of hydrogen-bond acceptors (Lipinski definition) is 4. The van der Waals surface area contributed by atoms with Crippen LogP contribution < -0.4 is 0 Å². The van der Waals surface area contributed by atoms with Crippen LogP contribution in [0, 0.1) is 0 Å². The molecule has 0 radical (unpaired) electrons. The molecule has 0 aliphatic rings. The van der Waals surface area contributed by atoms with Gasteiger partial charge in [-0.2, -0.15) is 4.79 Å². The van der Waals surface area contributed by atoms with Crippen molar-refractivity contribution >= 4 is 18.0 Å². The molecular weight excluding hydrogens is 218 g/mol. The molecule has 0 aromatic carbocycles. The summed E-state index contributed by atoms with van der Waals surface area (Å²) in [6.07, 6.45) is -2.47. The molecule has 1 atom stereocenters. The van der Waals surface area contributed by atoms with Crippen molar-refractivity contribution < 1.29 is 33.8 Å². The number of hydrogen-bond donors (Lipinski definition) is 2. The third-order valence-corrected chi connectivity index (χ3v) is 1.91. The SMILES string of the molecule is CC(=O)OC(CC(=O)O)C[N+](C)(C)C(=O)O. The van der Waals surface area contributed by atoms with Crippen molar-refractivity contribution in [2.24, 2.45) is 0 Å². The summed E-state index contributed by atoms with van der Waals surface area (Å²) < 4.78 is 4.28. The van der Waals surface area contributed by atoms with Crippen molar-refractivity contribution in [3.8, 4) is 0 Å². The minimum atomic E-state index is -1.14. The smallest absolute Gasteiger partial charge is 0.481 e. The van der Waals surface area contributed by atoms with Gasteiger partial charge in [0.05, 0.1) is 20.5 Å². The maximum absolute atomic E-state index is 10.8. The van der Waals surface area contributed by atoms with Crippen molar-refractivity contribution in [3.05, 3.63) is 0 Å². The molecule has 0 aliphatic carbocycles. The van der Waals surface area contributed by atoms with Crippen LogP contribution in [-0.2, 0) is 14.3 Å². The van der Waals surface area contributed by atoms with Gasteiger partial charge in [-0.25, -0.2) is 4.48 Å². The summed E-state index contributed by atoms with van der Waals surface area (Å²) in [7, 11) is 2.78. The molecule has 7 nitrogen and oxygen atoms in total. The standard InChI is InChI=1S/C9H15NO6/c1-6(11)16-7(4-8(12)13)5-10(2,3)9(14)15/h7H,4-5H2,1-3H3,(H-,12,13,14,15)/p+1. The lowest BCUT2D eigenvalue weighted by Crippen LogP contribution is -2.50. The Morgan fingerprint density at radius 3 is 2.06 bits per heavy atom. The Labute approximate surface area is 92.8 Å². The predicted octanol–water partition coefficient (Wildman–Crippen LogP) is 0.147. The van der Waals surface area contributed by atoms with E-state index in [1.807, 2.05) is 0 Å². The first-order chi connectivity index (χ1) is 7.15. The summed E-state index contributed by atoms with van der Waals surface area (Å²) in [6, 6.07) is 0. The van der Waals surface area contributed by atoms with Gasteiger partial charge in [0.15, 0.2) is 6.10 Å². The van der Waals surface area contributed by atoms with E-state index >= 15 is 0 Å². The summed E-state index contributed by atoms with van der Waals surface area (Å²) >= 11 is 0. The lowest BCUT2D eigenvalue weighted by Gasteiger charge is -2.26. The molecule has 0 fully saturated rings. The van der Waals surface area contributed by atoms with E-state index in [0.717, 1.165) is 6.92 Å². The molecule has 0 spiro atoms. The summed E-state index contributed by atoms with van der Waals surface area (Å²) in [6.45, 7) is 1.05. The van der Waals surface area contributed by atoms with Crippen LogP contribution in [0.3, 0.4) is 0 Å². The lowest BCUT2D eigenvalue weighted by molar-refractivity contribution is -0.820. The molecule has 92 valence electrons. The fourth-order valence-corrected chi connectivity index (χ4v) is 1.16. The highest BCUT2D eigenvalue weighted by Crippen LogP contribution is 2.08. The van der Waals surface area contributed by atoms with Crippen molar-refractivity contribution in [1.29, 1.82) is 0 Å². The van der Waals surface area contributed by atoms with Gasteiger partial charge < -0.3 is 14.9 Å². The molecule has 7 heteroatoms. The van der Waals surface area contributed by atoms with Crippen LogP contribution in [0.1, 0.15) is 13.3 Å². The Bertz CT molecular complexity index is 282. The first-order valence-electron chi connectivity index (χ1n) is 4.60. The van der Waals surface area contributed by atoms with E-state index in [9.17, 15) is 14.4 Å². The van der Waals surface area contributed by atoms with Crippen LogP contribution in [0.4, 0.5) is 4.79 Å². The van der Waals surface area contributed by atoms with E-state index in [-0.39, 0.29) is 6.54 Å². The number of esters is 1. The van der Waals surface area contributed by atoms with Crippen molar-refractivity contribution in [3.63, 3.8) is 0 Å². The van der Waals surface area contributed by atoms with Gasteiger partial charge >= 0.3 is 18.0 Å². The first-order valence-corrected chi connectivity index (χ1v) is 4.60. The summed E-state index contributed by atoms with van der Waals surface area (Å²) in [4.78, 5) is 32.0. The number of carboxylic acid groups (broad SMARTS) is 2. The monoisotopic (exact) mass is 234 g/mol. The number of aliphatic carboxylic acids is 1. The van der Waals surface area contributed by atoms with Gasteiger partial charge in [0, 0.05) is 6.92 Å². The Morgan fingerprint density at radius 2 is 1.75 bits per heavy atom. The fourth-order valence-electron chi connectivity index (χ4n) is 1.16. The molecule has 0 bridgehead atoms. The minimum absolute atomic E-state index is 0.0960. The number of carbonyl (C=O) groups excluding carboxylic acids is 1. The zero-order valence-corrected chi connectivity index (χ0v) is 9.47. The Balaban J connectivity index is 4.59. The topological polar surface area (TPSA) is 101 Å². The number of carbonyl (C=O) groups is 3. The predicted molar refractivity (Wildman–Crippen MR) is 52.8 cm³/mol. The number of rotatable bonds is 5. The van der Waals surface area contributed by atoms with Crippen molar-refractivity contribution in [1.82, 2.24) is 0 Å². The number of carboxylic acids is 1. The summed E-state index contributed by atoms with van der Waals surface area (Å²) in [5.41, 5.74) is 0. The lowest BCUT2D eigenvalue weighted by atomic mass is 10.2. The van der Waals surface area contributed by atoms with Gasteiger partial charge in [-0.15, -0.1) is 0 Å². The van der Waals surface area contributed by atoms with Gasteiger partial charge in [0.2, 0.25) is 0 Å². The normalized spacial score (nSPS) is 12.9. The molecular formula is C9H16NO6+. The van der Waals surface area contributed by atoms with E-state index in [0.29, 0.717) is 0 Å². The molecule has 0 heterocycles. The third-order valence-electron chi connectivity index (χ3n) is 1.91. The van der Waals surface area contributed by atoms with E-state index < -0.39 is 35.0 Å². The molecule has 1 unspecified atom stereocenters. The second kappa shape index (κ2) is 5.45. The van der Waals surface area contributed by atoms with Gasteiger partial charge in [-0.05, 0) is 0 Å².